The summed E-state index contributed by atoms with van der Waals surface area (Å²) in [5, 5.41) is 18.8. The molecule has 0 aliphatic carbocycles. The van der Waals surface area contributed by atoms with Gasteiger partial charge in [0, 0.05) is 56.4 Å². The molecule has 2 heterocycles. The SMILES string of the molecule is COP(=O)(OC)C(CCN1Cc2cccc3cccc(c23)C1=O)N[C@@H](CC(C)C)C(=O)N[C@@H](Cc1c[nH]c2ccccc12)C(=O)O. The first-order chi connectivity index (χ1) is 22.0. The van der Waals surface area contributed by atoms with Crippen LogP contribution < -0.4 is 10.6 Å². The molecule has 0 saturated heterocycles. The second-order valence-electron chi connectivity index (χ2n) is 12.1. The van der Waals surface area contributed by atoms with Gasteiger partial charge in [0.15, 0.2) is 0 Å². The van der Waals surface area contributed by atoms with E-state index in [4.69, 9.17) is 9.05 Å². The maximum atomic E-state index is 13.8. The third-order valence-corrected chi connectivity index (χ3v) is 10.8. The number of amides is 2. The van der Waals surface area contributed by atoms with E-state index in [1.165, 1.54) is 14.2 Å². The van der Waals surface area contributed by atoms with E-state index >= 15 is 0 Å². The molecule has 2 amide bonds. The second-order valence-corrected chi connectivity index (χ2v) is 14.5. The number of hydrogen-bond donors (Lipinski definition) is 4. The molecule has 5 rings (SSSR count). The average molecular weight is 649 g/mol. The fourth-order valence-corrected chi connectivity index (χ4v) is 7.70. The Kier molecular flexibility index (Phi) is 10.3. The zero-order valence-electron chi connectivity index (χ0n) is 26.5. The van der Waals surface area contributed by atoms with E-state index in [-0.39, 0.29) is 31.2 Å². The summed E-state index contributed by atoms with van der Waals surface area (Å²) in [7, 11) is -1.25. The second kappa shape index (κ2) is 14.2. The quantitative estimate of drug-likeness (QED) is 0.127. The Morgan fingerprint density at radius 3 is 2.43 bits per heavy atom. The van der Waals surface area contributed by atoms with E-state index in [1.54, 1.807) is 11.1 Å². The Labute approximate surface area is 268 Å². The van der Waals surface area contributed by atoms with Gasteiger partial charge in [0.25, 0.3) is 5.91 Å². The molecule has 1 aromatic heterocycles. The van der Waals surface area contributed by atoms with Crippen LogP contribution in [0.2, 0.25) is 0 Å². The Hall–Kier alpha value is -4.02. The van der Waals surface area contributed by atoms with E-state index in [9.17, 15) is 24.1 Å². The number of aromatic nitrogens is 1. The van der Waals surface area contributed by atoms with Gasteiger partial charge in [-0.1, -0.05) is 62.4 Å². The van der Waals surface area contributed by atoms with Gasteiger partial charge in [-0.2, -0.15) is 0 Å². The van der Waals surface area contributed by atoms with Crippen LogP contribution in [-0.4, -0.2) is 71.4 Å². The van der Waals surface area contributed by atoms with Crippen LogP contribution in [0.3, 0.4) is 0 Å². The number of fused-ring (bicyclic) bond motifs is 1. The van der Waals surface area contributed by atoms with Crippen LogP contribution in [0.5, 0.6) is 0 Å². The predicted octanol–water partition coefficient (Wildman–Crippen LogP) is 5.30. The number of aromatic amines is 1. The summed E-state index contributed by atoms with van der Waals surface area (Å²) < 4.78 is 24.6. The topological polar surface area (TPSA) is 150 Å². The lowest BCUT2D eigenvalue weighted by atomic mass is 9.94. The molecule has 1 unspecified atom stereocenters. The van der Waals surface area contributed by atoms with Gasteiger partial charge in [0.2, 0.25) is 5.91 Å². The summed E-state index contributed by atoms with van der Waals surface area (Å²) >= 11 is 0. The fraction of sp³-hybridized carbons (Fsp3) is 0.382. The molecule has 244 valence electrons. The smallest absolute Gasteiger partial charge is 0.346 e. The zero-order valence-corrected chi connectivity index (χ0v) is 27.4. The van der Waals surface area contributed by atoms with E-state index in [2.05, 4.69) is 15.6 Å². The number of carbonyl (C=O) groups excluding carboxylic acids is 2. The van der Waals surface area contributed by atoms with Crippen LogP contribution >= 0.6 is 7.60 Å². The normalized spacial score (nSPS) is 15.3. The minimum absolute atomic E-state index is 0.0333. The van der Waals surface area contributed by atoms with Gasteiger partial charge in [0.1, 0.15) is 11.8 Å². The number of carbonyl (C=O) groups is 3. The van der Waals surface area contributed by atoms with Crippen molar-refractivity contribution >= 4 is 47.1 Å². The summed E-state index contributed by atoms with van der Waals surface area (Å²) in [4.78, 5) is 44.4. The third-order valence-electron chi connectivity index (χ3n) is 8.56. The first-order valence-corrected chi connectivity index (χ1v) is 17.0. The van der Waals surface area contributed by atoms with Gasteiger partial charge >= 0.3 is 13.6 Å². The Balaban J connectivity index is 1.34. The third kappa shape index (κ3) is 7.03. The molecule has 0 spiro atoms. The lowest BCUT2D eigenvalue weighted by Crippen LogP contribution is -2.54. The highest BCUT2D eigenvalue weighted by molar-refractivity contribution is 7.54. The van der Waals surface area contributed by atoms with Gasteiger partial charge in [-0.25, -0.2) is 4.79 Å². The standard InChI is InChI=1S/C34H41N4O7P/c1-21(2)17-28(32(39)37-29(34(41)42)18-24-19-35-27-14-6-5-12-25(24)27)36-30(46(43,44-3)45-4)15-16-38-20-23-11-7-9-22-10-8-13-26(31(22)23)33(38)40/h5-14,19,21,28-30,35-36H,15-18,20H2,1-4H3,(H,37,39)(H,41,42)/t28-,29-,30?/m0/s1. The number of hydrogen-bond acceptors (Lipinski definition) is 7. The van der Waals surface area contributed by atoms with Gasteiger partial charge in [0.05, 0.1) is 6.04 Å². The van der Waals surface area contributed by atoms with Crippen LogP contribution in [0.1, 0.15) is 48.2 Å². The Morgan fingerprint density at radius 2 is 1.74 bits per heavy atom. The van der Waals surface area contributed by atoms with Crippen molar-refractivity contribution in [2.75, 3.05) is 20.8 Å². The molecule has 0 fully saturated rings. The number of benzene rings is 3. The first-order valence-electron chi connectivity index (χ1n) is 15.4. The molecule has 4 N–H and O–H groups in total. The summed E-state index contributed by atoms with van der Waals surface area (Å²) in [6, 6.07) is 17.0. The molecule has 0 bridgehead atoms. The minimum atomic E-state index is -3.80. The van der Waals surface area contributed by atoms with Gasteiger partial charge in [-0.05, 0) is 52.8 Å². The maximum absolute atomic E-state index is 13.8. The lowest BCUT2D eigenvalue weighted by Gasteiger charge is -2.33. The zero-order chi connectivity index (χ0) is 33.0. The number of H-pyrrole nitrogens is 1. The molecule has 1 aliphatic heterocycles. The van der Waals surface area contributed by atoms with Gasteiger partial charge < -0.3 is 29.4 Å². The highest BCUT2D eigenvalue weighted by atomic mass is 31.2. The summed E-state index contributed by atoms with van der Waals surface area (Å²) in [6.07, 6.45) is 2.30. The van der Waals surface area contributed by atoms with Crippen molar-refractivity contribution in [3.05, 3.63) is 83.6 Å². The highest BCUT2D eigenvalue weighted by Crippen LogP contribution is 2.52. The summed E-state index contributed by atoms with van der Waals surface area (Å²) in [5.41, 5.74) is 3.27. The molecule has 0 saturated carbocycles. The summed E-state index contributed by atoms with van der Waals surface area (Å²) in [6.45, 7) is 4.48. The molecule has 46 heavy (non-hydrogen) atoms. The number of carboxylic acids is 1. The first kappa shape index (κ1) is 33.3. The number of para-hydroxylation sites is 1. The van der Waals surface area contributed by atoms with Crippen molar-refractivity contribution in [1.82, 2.24) is 20.5 Å². The number of aliphatic carboxylic acids is 1. The van der Waals surface area contributed by atoms with Crippen molar-refractivity contribution < 1.29 is 33.1 Å². The van der Waals surface area contributed by atoms with Crippen molar-refractivity contribution in [3.63, 3.8) is 0 Å². The average Bonchev–Trinajstić information content (AvgIpc) is 3.46. The number of rotatable bonds is 15. The molecule has 12 heteroatoms. The lowest BCUT2D eigenvalue weighted by molar-refractivity contribution is -0.142. The monoisotopic (exact) mass is 648 g/mol. The van der Waals surface area contributed by atoms with Crippen molar-refractivity contribution in [3.8, 4) is 0 Å². The number of carboxylic acid groups (broad SMARTS) is 1. The van der Waals surface area contributed by atoms with Crippen molar-refractivity contribution in [1.29, 1.82) is 0 Å². The van der Waals surface area contributed by atoms with Crippen molar-refractivity contribution in [2.45, 2.75) is 57.5 Å². The van der Waals surface area contributed by atoms with Crippen LogP contribution in [0.15, 0.2) is 66.9 Å². The highest BCUT2D eigenvalue weighted by Gasteiger charge is 2.39. The molecule has 3 aromatic carbocycles. The maximum Gasteiger partial charge on any atom is 0.346 e. The van der Waals surface area contributed by atoms with Crippen LogP contribution in [0.25, 0.3) is 21.7 Å². The Bertz CT molecular complexity index is 1770. The molecule has 4 aromatic rings. The predicted molar refractivity (Wildman–Crippen MR) is 177 cm³/mol. The van der Waals surface area contributed by atoms with Crippen LogP contribution in [0, 0.1) is 5.92 Å². The summed E-state index contributed by atoms with van der Waals surface area (Å²) in [5.74, 6) is -2.78. The van der Waals surface area contributed by atoms with E-state index in [1.807, 2.05) is 74.5 Å². The van der Waals surface area contributed by atoms with Crippen LogP contribution in [0.4, 0.5) is 0 Å². The molecule has 11 nitrogen and oxygen atoms in total. The fourth-order valence-electron chi connectivity index (χ4n) is 6.24. The van der Waals surface area contributed by atoms with Crippen LogP contribution in [-0.2, 0) is 36.2 Å². The van der Waals surface area contributed by atoms with Gasteiger partial charge in [-0.3, -0.25) is 19.5 Å². The number of nitrogens with zero attached hydrogens (tertiary/aromatic N) is 1. The largest absolute Gasteiger partial charge is 0.480 e. The van der Waals surface area contributed by atoms with Gasteiger partial charge in [-0.15, -0.1) is 0 Å². The molecule has 1 aliphatic rings. The van der Waals surface area contributed by atoms with E-state index in [0.717, 1.165) is 32.8 Å². The Morgan fingerprint density at radius 1 is 1.02 bits per heavy atom. The van der Waals surface area contributed by atoms with E-state index in [0.29, 0.717) is 18.5 Å². The molecular weight excluding hydrogens is 607 g/mol. The number of nitrogens with one attached hydrogen (secondary N) is 3. The minimum Gasteiger partial charge on any atom is -0.480 e. The molecule has 3 atom stereocenters. The van der Waals surface area contributed by atoms with Crippen molar-refractivity contribution in [2.24, 2.45) is 5.92 Å². The molecular formula is C34H41N4O7P. The molecule has 0 radical (unpaired) electrons. The van der Waals surface area contributed by atoms with E-state index < -0.39 is 37.3 Å².